The minimum Gasteiger partial charge on any atom is -0.339 e. The van der Waals surface area contributed by atoms with E-state index in [0.29, 0.717) is 12.8 Å². The van der Waals surface area contributed by atoms with Crippen LogP contribution in [0.4, 0.5) is 8.78 Å². The number of nitrogens with one attached hydrogen (secondary N) is 1. The Kier molecular flexibility index (Phi) is 5.93. The van der Waals surface area contributed by atoms with Crippen molar-refractivity contribution in [1.29, 1.82) is 0 Å². The first-order valence-electron chi connectivity index (χ1n) is 4.63. The van der Waals surface area contributed by atoms with E-state index in [1.807, 2.05) is 0 Å². The van der Waals surface area contributed by atoms with E-state index in [0.717, 1.165) is 0 Å². The van der Waals surface area contributed by atoms with Crippen molar-refractivity contribution in [3.05, 3.63) is 0 Å². The summed E-state index contributed by atoms with van der Waals surface area (Å²) in [5, 5.41) is 2.15. The normalized spacial score (nSPS) is 11.6. The molecule has 0 bridgehead atoms. The van der Waals surface area contributed by atoms with Crippen molar-refractivity contribution in [2.45, 2.75) is 38.7 Å². The Morgan fingerprint density at radius 2 is 1.80 bits per heavy atom. The summed E-state index contributed by atoms with van der Waals surface area (Å²) < 4.78 is 24.1. The number of alkyl halides is 3. The third kappa shape index (κ3) is 3.52. The van der Waals surface area contributed by atoms with Crippen LogP contribution in [0, 0.1) is 0 Å². The molecule has 0 aromatic carbocycles. The Balaban J connectivity index is 4.79. The molecule has 15 heavy (non-hydrogen) atoms. The molecule has 0 unspecified atom stereocenters. The molecular weight excluding hydrogens is 272 g/mol. The van der Waals surface area contributed by atoms with Gasteiger partial charge in [0.05, 0.1) is 10.9 Å². The van der Waals surface area contributed by atoms with E-state index in [9.17, 15) is 18.4 Å². The molecule has 0 aliphatic heterocycles. The summed E-state index contributed by atoms with van der Waals surface area (Å²) in [4.78, 5) is 22.4. The zero-order chi connectivity index (χ0) is 12.1. The van der Waals surface area contributed by atoms with Gasteiger partial charge in [-0.1, -0.05) is 29.8 Å². The number of hydrogen-bond donors (Lipinski definition) is 1. The third-order valence-electron chi connectivity index (χ3n) is 2.42. The quantitative estimate of drug-likeness (QED) is 0.758. The molecule has 0 atom stereocenters. The van der Waals surface area contributed by atoms with Crippen LogP contribution < -0.4 is 5.32 Å². The summed E-state index contributed by atoms with van der Waals surface area (Å²) >= 11 is 2.97. The highest BCUT2D eigenvalue weighted by Crippen LogP contribution is 2.18. The van der Waals surface area contributed by atoms with Crippen LogP contribution in [-0.2, 0) is 9.59 Å². The maximum atomic E-state index is 12.1. The van der Waals surface area contributed by atoms with Gasteiger partial charge in [0.25, 0.3) is 5.91 Å². The minimum absolute atomic E-state index is 0.0399. The number of rotatable bonds is 6. The largest absolute Gasteiger partial charge is 0.339 e. The molecule has 3 nitrogen and oxygen atoms in total. The maximum Gasteiger partial charge on any atom is 0.315 e. The predicted octanol–water partition coefficient (Wildman–Crippen LogP) is 1.89. The first kappa shape index (κ1) is 14.5. The summed E-state index contributed by atoms with van der Waals surface area (Å²) in [7, 11) is 0. The predicted molar refractivity (Wildman–Crippen MR) is 56.3 cm³/mol. The van der Waals surface area contributed by atoms with Gasteiger partial charge in [-0.25, -0.2) is 0 Å². The Bertz CT molecular complexity index is 242. The highest BCUT2D eigenvalue weighted by molar-refractivity contribution is 9.09. The molecule has 0 aliphatic carbocycles. The van der Waals surface area contributed by atoms with Gasteiger partial charge in [0.1, 0.15) is 0 Å². The fourth-order valence-electron chi connectivity index (χ4n) is 1.31. The zero-order valence-corrected chi connectivity index (χ0v) is 10.2. The summed E-state index contributed by atoms with van der Waals surface area (Å²) in [6, 6.07) is 0. The zero-order valence-electron chi connectivity index (χ0n) is 8.65. The molecule has 0 saturated heterocycles. The maximum absolute atomic E-state index is 12.1. The number of amides is 1. The third-order valence-corrected chi connectivity index (χ3v) is 2.93. The number of carbonyl (C=O) groups is 2. The minimum atomic E-state index is -3.09. The Labute approximate surface area is 95.7 Å². The lowest BCUT2D eigenvalue weighted by atomic mass is 9.88. The number of hydrogen-bond acceptors (Lipinski definition) is 2. The summed E-state index contributed by atoms with van der Waals surface area (Å²) in [6.07, 6.45) is -2.50. The lowest BCUT2D eigenvalue weighted by Crippen LogP contribution is -2.55. The van der Waals surface area contributed by atoms with Crippen molar-refractivity contribution in [3.8, 4) is 0 Å². The molecule has 0 saturated carbocycles. The molecule has 6 heteroatoms. The highest BCUT2D eigenvalue weighted by atomic mass is 79.9. The van der Waals surface area contributed by atoms with Gasteiger partial charge in [0, 0.05) is 0 Å². The highest BCUT2D eigenvalue weighted by Gasteiger charge is 2.37. The van der Waals surface area contributed by atoms with Gasteiger partial charge in [-0.15, -0.1) is 0 Å². The van der Waals surface area contributed by atoms with Gasteiger partial charge in [-0.3, -0.25) is 9.59 Å². The summed E-state index contributed by atoms with van der Waals surface area (Å²) in [5.41, 5.74) is -1.17. The van der Waals surface area contributed by atoms with Crippen molar-refractivity contribution in [2.24, 2.45) is 0 Å². The second kappa shape index (κ2) is 6.15. The summed E-state index contributed by atoms with van der Waals surface area (Å²) in [5.74, 6) is -1.69. The van der Waals surface area contributed by atoms with E-state index >= 15 is 0 Å². The number of carbonyl (C=O) groups excluding carboxylic acids is 2. The van der Waals surface area contributed by atoms with E-state index in [2.05, 4.69) is 21.2 Å². The second-order valence-electron chi connectivity index (χ2n) is 3.14. The number of Topliss-reactive ketones (excluding diaryl/α,β-unsaturated/α-hetero) is 1. The van der Waals surface area contributed by atoms with Crippen LogP contribution in [0.5, 0.6) is 0 Å². The number of halogens is 3. The molecule has 0 rings (SSSR count). The van der Waals surface area contributed by atoms with Crippen molar-refractivity contribution in [2.75, 3.05) is 5.33 Å². The van der Waals surface area contributed by atoms with E-state index in [1.165, 1.54) is 0 Å². The fraction of sp³-hybridized carbons (Fsp3) is 0.778. The lowest BCUT2D eigenvalue weighted by molar-refractivity contribution is -0.138. The van der Waals surface area contributed by atoms with Gasteiger partial charge in [-0.05, 0) is 12.8 Å². The van der Waals surface area contributed by atoms with E-state index in [1.54, 1.807) is 13.8 Å². The van der Waals surface area contributed by atoms with Crippen molar-refractivity contribution >= 4 is 27.6 Å². The van der Waals surface area contributed by atoms with Gasteiger partial charge >= 0.3 is 6.43 Å². The van der Waals surface area contributed by atoms with Gasteiger partial charge in [0.15, 0.2) is 5.78 Å². The topological polar surface area (TPSA) is 46.2 Å². The lowest BCUT2D eigenvalue weighted by Gasteiger charge is -2.30. The van der Waals surface area contributed by atoms with Gasteiger partial charge in [-0.2, -0.15) is 8.78 Å². The molecule has 0 heterocycles. The monoisotopic (exact) mass is 285 g/mol. The van der Waals surface area contributed by atoms with Gasteiger partial charge < -0.3 is 5.32 Å². The Morgan fingerprint density at radius 3 is 2.07 bits per heavy atom. The Morgan fingerprint density at radius 1 is 1.33 bits per heavy atom. The van der Waals surface area contributed by atoms with Gasteiger partial charge in [0.2, 0.25) is 0 Å². The molecular formula is C9H14BrF2NO2. The van der Waals surface area contributed by atoms with Crippen LogP contribution in [0.2, 0.25) is 0 Å². The second-order valence-corrected chi connectivity index (χ2v) is 3.70. The molecule has 0 radical (unpaired) electrons. The molecule has 0 aromatic rings. The molecule has 0 aliphatic rings. The first-order valence-corrected chi connectivity index (χ1v) is 5.75. The standard InChI is InChI=1S/C9H14BrF2NO2/c1-3-9(4-2,6(14)5-10)13-8(15)7(11)12/h7H,3-5H2,1-2H3,(H,13,15). The van der Waals surface area contributed by atoms with Crippen LogP contribution in [0.15, 0.2) is 0 Å². The van der Waals surface area contributed by atoms with Crippen LogP contribution in [0.1, 0.15) is 26.7 Å². The fourth-order valence-corrected chi connectivity index (χ4v) is 1.85. The molecule has 0 spiro atoms. The SMILES string of the molecule is CCC(CC)(NC(=O)C(F)F)C(=O)CBr. The molecule has 1 N–H and O–H groups in total. The van der Waals surface area contributed by atoms with E-state index in [4.69, 9.17) is 0 Å². The van der Waals surface area contributed by atoms with Crippen molar-refractivity contribution in [1.82, 2.24) is 5.32 Å². The molecule has 0 fully saturated rings. The molecule has 88 valence electrons. The van der Waals surface area contributed by atoms with Crippen LogP contribution in [-0.4, -0.2) is 29.0 Å². The van der Waals surface area contributed by atoms with E-state index in [-0.39, 0.29) is 11.1 Å². The van der Waals surface area contributed by atoms with Crippen molar-refractivity contribution < 1.29 is 18.4 Å². The Hall–Kier alpha value is -0.520. The van der Waals surface area contributed by atoms with Crippen LogP contribution >= 0.6 is 15.9 Å². The molecule has 1 amide bonds. The summed E-state index contributed by atoms with van der Waals surface area (Å²) in [6.45, 7) is 3.35. The average molecular weight is 286 g/mol. The number of ketones is 1. The van der Waals surface area contributed by atoms with E-state index < -0.39 is 17.9 Å². The average Bonchev–Trinajstić information content (AvgIpc) is 2.24. The van der Waals surface area contributed by atoms with Crippen LogP contribution in [0.25, 0.3) is 0 Å². The molecule has 0 aromatic heterocycles. The smallest absolute Gasteiger partial charge is 0.315 e. The van der Waals surface area contributed by atoms with Crippen LogP contribution in [0.3, 0.4) is 0 Å². The first-order chi connectivity index (χ1) is 6.93. The van der Waals surface area contributed by atoms with Crippen molar-refractivity contribution in [3.63, 3.8) is 0 Å².